The molecule has 1 aliphatic heterocycles. The molecule has 90 valence electrons. The van der Waals surface area contributed by atoms with Crippen LogP contribution in [0.3, 0.4) is 0 Å². The van der Waals surface area contributed by atoms with Gasteiger partial charge in [0.1, 0.15) is 0 Å². The zero-order chi connectivity index (χ0) is 11.5. The maximum atomic E-state index is 11.8. The van der Waals surface area contributed by atoms with Crippen molar-refractivity contribution in [1.82, 2.24) is 10.2 Å². The van der Waals surface area contributed by atoms with Gasteiger partial charge in [-0.15, -0.1) is 0 Å². The topological polar surface area (TPSA) is 49.4 Å². The van der Waals surface area contributed by atoms with Gasteiger partial charge in [0.25, 0.3) is 0 Å². The molecule has 2 fully saturated rings. The number of rotatable bonds is 3. The Morgan fingerprint density at radius 1 is 1.31 bits per heavy atom. The number of nitrogens with one attached hydrogen (secondary N) is 1. The fraction of sp³-hybridized carbons (Fsp3) is 0.833. The van der Waals surface area contributed by atoms with Crippen LogP contribution in [0.5, 0.6) is 0 Å². The van der Waals surface area contributed by atoms with Gasteiger partial charge in [-0.05, 0) is 31.6 Å². The van der Waals surface area contributed by atoms with E-state index in [0.717, 1.165) is 31.8 Å². The molecule has 1 aliphatic carbocycles. The molecule has 1 unspecified atom stereocenters. The molecular weight excluding hydrogens is 204 g/mol. The van der Waals surface area contributed by atoms with E-state index in [1.807, 2.05) is 0 Å². The van der Waals surface area contributed by atoms with Gasteiger partial charge in [0.15, 0.2) is 0 Å². The van der Waals surface area contributed by atoms with E-state index < -0.39 is 0 Å². The van der Waals surface area contributed by atoms with Gasteiger partial charge in [-0.3, -0.25) is 9.59 Å². The molecule has 2 aliphatic rings. The van der Waals surface area contributed by atoms with Gasteiger partial charge in [0.2, 0.25) is 11.8 Å². The average Bonchev–Trinajstić information content (AvgIpc) is 3.10. The van der Waals surface area contributed by atoms with Crippen molar-refractivity contribution in [2.75, 3.05) is 19.6 Å². The lowest BCUT2D eigenvalue weighted by Crippen LogP contribution is -2.45. The zero-order valence-corrected chi connectivity index (χ0v) is 9.87. The van der Waals surface area contributed by atoms with E-state index in [1.54, 1.807) is 11.8 Å². The Labute approximate surface area is 96.4 Å². The highest BCUT2D eigenvalue weighted by Crippen LogP contribution is 2.27. The van der Waals surface area contributed by atoms with E-state index in [-0.39, 0.29) is 17.7 Å². The summed E-state index contributed by atoms with van der Waals surface area (Å²) in [7, 11) is 0. The maximum Gasteiger partial charge on any atom is 0.224 e. The summed E-state index contributed by atoms with van der Waals surface area (Å²) in [6, 6.07) is 0. The molecule has 4 nitrogen and oxygen atoms in total. The predicted octanol–water partition coefficient (Wildman–Crippen LogP) is 0.771. The van der Waals surface area contributed by atoms with Gasteiger partial charge in [-0.25, -0.2) is 0 Å². The van der Waals surface area contributed by atoms with Gasteiger partial charge < -0.3 is 10.2 Å². The summed E-state index contributed by atoms with van der Waals surface area (Å²) < 4.78 is 0. The molecule has 1 saturated carbocycles. The lowest BCUT2D eigenvalue weighted by Gasteiger charge is -2.31. The quantitative estimate of drug-likeness (QED) is 0.770. The number of amides is 2. The summed E-state index contributed by atoms with van der Waals surface area (Å²) in [5.41, 5.74) is 0. The molecule has 2 rings (SSSR count). The second-order valence-electron chi connectivity index (χ2n) is 4.99. The van der Waals surface area contributed by atoms with Gasteiger partial charge in [0, 0.05) is 26.6 Å². The molecule has 0 aromatic carbocycles. The monoisotopic (exact) mass is 224 g/mol. The number of likely N-dealkylation sites (tertiary alicyclic amines) is 1. The minimum Gasteiger partial charge on any atom is -0.356 e. The third-order valence-corrected chi connectivity index (χ3v) is 3.50. The minimum absolute atomic E-state index is 0.0106. The van der Waals surface area contributed by atoms with Crippen LogP contribution in [0.15, 0.2) is 0 Å². The van der Waals surface area contributed by atoms with Crippen molar-refractivity contribution in [3.8, 4) is 0 Å². The van der Waals surface area contributed by atoms with Crippen molar-refractivity contribution in [3.05, 3.63) is 0 Å². The minimum atomic E-state index is 0.0106. The third kappa shape index (κ3) is 2.97. The Hall–Kier alpha value is -1.06. The highest BCUT2D eigenvalue weighted by molar-refractivity contribution is 5.80. The largest absolute Gasteiger partial charge is 0.356 e. The molecule has 0 aromatic heterocycles. The average molecular weight is 224 g/mol. The van der Waals surface area contributed by atoms with Crippen LogP contribution in [0.25, 0.3) is 0 Å². The van der Waals surface area contributed by atoms with Crippen molar-refractivity contribution >= 4 is 11.8 Å². The van der Waals surface area contributed by atoms with E-state index in [1.165, 1.54) is 12.8 Å². The summed E-state index contributed by atoms with van der Waals surface area (Å²) in [6.45, 7) is 3.81. The predicted molar refractivity (Wildman–Crippen MR) is 60.7 cm³/mol. The van der Waals surface area contributed by atoms with E-state index in [4.69, 9.17) is 0 Å². The molecule has 1 N–H and O–H groups in total. The van der Waals surface area contributed by atoms with E-state index in [0.29, 0.717) is 6.54 Å². The van der Waals surface area contributed by atoms with E-state index >= 15 is 0 Å². The van der Waals surface area contributed by atoms with Gasteiger partial charge in [-0.1, -0.05) is 0 Å². The molecule has 0 bridgehead atoms. The van der Waals surface area contributed by atoms with E-state index in [2.05, 4.69) is 5.32 Å². The van der Waals surface area contributed by atoms with Crippen molar-refractivity contribution in [2.45, 2.75) is 32.6 Å². The van der Waals surface area contributed by atoms with Crippen LogP contribution in [-0.2, 0) is 9.59 Å². The molecule has 4 heteroatoms. The SMILES string of the molecule is CC(=O)N1CCCC(C(=O)NCC2CC2)C1. The number of hydrogen-bond acceptors (Lipinski definition) is 2. The molecule has 2 amide bonds. The molecule has 0 radical (unpaired) electrons. The summed E-state index contributed by atoms with van der Waals surface area (Å²) in [5, 5.41) is 3.00. The Balaban J connectivity index is 1.78. The van der Waals surface area contributed by atoms with Crippen LogP contribution in [0, 0.1) is 11.8 Å². The lowest BCUT2D eigenvalue weighted by atomic mass is 9.97. The maximum absolute atomic E-state index is 11.8. The fourth-order valence-electron chi connectivity index (χ4n) is 2.19. The smallest absolute Gasteiger partial charge is 0.224 e. The number of carbonyl (C=O) groups excluding carboxylic acids is 2. The van der Waals surface area contributed by atoms with Crippen LogP contribution < -0.4 is 5.32 Å². The highest BCUT2D eigenvalue weighted by atomic mass is 16.2. The van der Waals surface area contributed by atoms with Gasteiger partial charge in [0.05, 0.1) is 5.92 Å². The van der Waals surface area contributed by atoms with Crippen LogP contribution in [0.2, 0.25) is 0 Å². The summed E-state index contributed by atoms with van der Waals surface area (Å²) in [6.07, 6.45) is 4.37. The molecule has 16 heavy (non-hydrogen) atoms. The van der Waals surface area contributed by atoms with Gasteiger partial charge in [-0.2, -0.15) is 0 Å². The molecule has 1 atom stereocenters. The second-order valence-corrected chi connectivity index (χ2v) is 4.99. The fourth-order valence-corrected chi connectivity index (χ4v) is 2.19. The number of carbonyl (C=O) groups is 2. The first kappa shape index (κ1) is 11.4. The first-order valence-electron chi connectivity index (χ1n) is 6.20. The van der Waals surface area contributed by atoms with Crippen LogP contribution >= 0.6 is 0 Å². The Morgan fingerprint density at radius 3 is 2.69 bits per heavy atom. The second kappa shape index (κ2) is 4.85. The van der Waals surface area contributed by atoms with E-state index in [9.17, 15) is 9.59 Å². The van der Waals surface area contributed by atoms with Crippen molar-refractivity contribution in [2.24, 2.45) is 11.8 Å². The molecule has 0 spiro atoms. The summed E-state index contributed by atoms with van der Waals surface area (Å²) in [4.78, 5) is 24.9. The van der Waals surface area contributed by atoms with Crippen molar-refractivity contribution in [3.63, 3.8) is 0 Å². The van der Waals surface area contributed by atoms with Crippen LogP contribution in [0.4, 0.5) is 0 Å². The normalized spacial score (nSPS) is 25.3. The number of piperidine rings is 1. The van der Waals surface area contributed by atoms with Crippen LogP contribution in [-0.4, -0.2) is 36.3 Å². The lowest BCUT2D eigenvalue weighted by molar-refractivity contribution is -0.133. The summed E-state index contributed by atoms with van der Waals surface area (Å²) >= 11 is 0. The summed E-state index contributed by atoms with van der Waals surface area (Å²) in [5.74, 6) is 0.949. The zero-order valence-electron chi connectivity index (χ0n) is 9.87. The molecule has 1 saturated heterocycles. The van der Waals surface area contributed by atoms with Gasteiger partial charge >= 0.3 is 0 Å². The third-order valence-electron chi connectivity index (χ3n) is 3.50. The first-order chi connectivity index (χ1) is 7.66. The molecule has 0 aromatic rings. The Kier molecular flexibility index (Phi) is 3.46. The molecule has 1 heterocycles. The number of hydrogen-bond donors (Lipinski definition) is 1. The Bertz CT molecular complexity index is 287. The first-order valence-corrected chi connectivity index (χ1v) is 6.20. The van der Waals surface area contributed by atoms with Crippen LogP contribution in [0.1, 0.15) is 32.6 Å². The standard InChI is InChI=1S/C12H20N2O2/c1-9(15)14-6-2-3-11(8-14)12(16)13-7-10-4-5-10/h10-11H,2-8H2,1H3,(H,13,16). The highest BCUT2D eigenvalue weighted by Gasteiger charge is 2.28. The van der Waals surface area contributed by atoms with Crippen molar-refractivity contribution in [1.29, 1.82) is 0 Å². The van der Waals surface area contributed by atoms with Crippen molar-refractivity contribution < 1.29 is 9.59 Å². The molecular formula is C12H20N2O2. The Morgan fingerprint density at radius 2 is 2.06 bits per heavy atom. The number of nitrogens with zero attached hydrogens (tertiary/aromatic N) is 1.